The molecule has 23 heavy (non-hydrogen) atoms. The number of hydrogen-bond acceptors (Lipinski definition) is 3. The molecule has 0 atom stereocenters. The monoisotopic (exact) mass is 337 g/mol. The van der Waals surface area contributed by atoms with E-state index in [1.807, 2.05) is 0 Å². The first-order valence-electron chi connectivity index (χ1n) is 6.10. The number of aromatic nitrogens is 3. The van der Waals surface area contributed by atoms with Gasteiger partial charge >= 0.3 is 12.4 Å². The summed E-state index contributed by atoms with van der Waals surface area (Å²) in [5.74, 6) is -0.302. The van der Waals surface area contributed by atoms with E-state index in [2.05, 4.69) is 10.1 Å². The van der Waals surface area contributed by atoms with Gasteiger partial charge in [0.15, 0.2) is 5.82 Å². The first kappa shape index (κ1) is 17.0. The van der Waals surface area contributed by atoms with Crippen molar-refractivity contribution in [3.63, 3.8) is 0 Å². The molecule has 4 nitrogen and oxygen atoms in total. The quantitative estimate of drug-likeness (QED) is 0.873. The van der Waals surface area contributed by atoms with E-state index in [1.165, 1.54) is 12.3 Å². The zero-order valence-corrected chi connectivity index (χ0v) is 11.2. The number of halogens is 6. The average molecular weight is 337 g/mol. The Morgan fingerprint density at radius 3 is 2.04 bits per heavy atom. The van der Waals surface area contributed by atoms with Crippen LogP contribution >= 0.6 is 0 Å². The highest BCUT2D eigenvalue weighted by Crippen LogP contribution is 2.37. The highest BCUT2D eigenvalue weighted by atomic mass is 19.4. The van der Waals surface area contributed by atoms with Crippen molar-refractivity contribution in [2.24, 2.45) is 0 Å². The van der Waals surface area contributed by atoms with Gasteiger partial charge < -0.3 is 5.11 Å². The molecule has 2 rings (SSSR count). The van der Waals surface area contributed by atoms with Gasteiger partial charge in [0.1, 0.15) is 6.33 Å². The molecule has 1 N–H and O–H groups in total. The van der Waals surface area contributed by atoms with Crippen LogP contribution in [0.4, 0.5) is 26.3 Å². The van der Waals surface area contributed by atoms with Crippen LogP contribution in [0.5, 0.6) is 0 Å². The SMILES string of the molecule is OCC=Cn1cnc(-c2cc(C(F)(F)F)cc(C(F)(F)F)c2)n1. The molecule has 0 aliphatic heterocycles. The fourth-order valence-corrected chi connectivity index (χ4v) is 1.72. The van der Waals surface area contributed by atoms with Crippen LogP contribution in [-0.4, -0.2) is 26.5 Å². The van der Waals surface area contributed by atoms with Crippen molar-refractivity contribution < 1.29 is 31.4 Å². The van der Waals surface area contributed by atoms with Gasteiger partial charge in [-0.15, -0.1) is 5.10 Å². The summed E-state index contributed by atoms with van der Waals surface area (Å²) in [6.07, 6.45) is -6.25. The zero-order valence-electron chi connectivity index (χ0n) is 11.2. The van der Waals surface area contributed by atoms with Crippen molar-refractivity contribution in [3.05, 3.63) is 41.7 Å². The van der Waals surface area contributed by atoms with Crippen LogP contribution in [-0.2, 0) is 12.4 Å². The second-order valence-electron chi connectivity index (χ2n) is 4.41. The Morgan fingerprint density at radius 2 is 1.57 bits per heavy atom. The van der Waals surface area contributed by atoms with Gasteiger partial charge in [0.2, 0.25) is 0 Å². The Bertz CT molecular complexity index is 685. The third kappa shape index (κ3) is 4.09. The maximum absolute atomic E-state index is 12.8. The summed E-state index contributed by atoms with van der Waals surface area (Å²) in [7, 11) is 0. The smallest absolute Gasteiger partial charge is 0.392 e. The van der Waals surface area contributed by atoms with Gasteiger partial charge in [-0.3, -0.25) is 0 Å². The molecule has 0 saturated heterocycles. The predicted molar refractivity (Wildman–Crippen MR) is 67.9 cm³/mol. The van der Waals surface area contributed by atoms with Crippen molar-refractivity contribution >= 4 is 6.20 Å². The van der Waals surface area contributed by atoms with Gasteiger partial charge in [0.25, 0.3) is 0 Å². The van der Waals surface area contributed by atoms with E-state index in [0.717, 1.165) is 11.0 Å². The predicted octanol–water partition coefficient (Wildman–Crippen LogP) is 3.45. The van der Waals surface area contributed by atoms with Crippen LogP contribution < -0.4 is 0 Å². The summed E-state index contributed by atoms with van der Waals surface area (Å²) in [6.45, 7) is -0.309. The molecule has 2 aromatic rings. The molecule has 0 fully saturated rings. The topological polar surface area (TPSA) is 50.9 Å². The maximum Gasteiger partial charge on any atom is 0.416 e. The second kappa shape index (κ2) is 6.03. The van der Waals surface area contributed by atoms with Gasteiger partial charge in [-0.05, 0) is 24.3 Å². The molecule has 0 aliphatic rings. The Morgan fingerprint density at radius 1 is 1.00 bits per heavy atom. The van der Waals surface area contributed by atoms with Crippen LogP contribution in [0.2, 0.25) is 0 Å². The molecule has 0 bridgehead atoms. The minimum atomic E-state index is -4.94. The highest BCUT2D eigenvalue weighted by Gasteiger charge is 2.37. The molecule has 1 aromatic carbocycles. The molecule has 124 valence electrons. The molecule has 0 saturated carbocycles. The van der Waals surface area contributed by atoms with Gasteiger partial charge in [0, 0.05) is 11.8 Å². The first-order chi connectivity index (χ1) is 10.6. The largest absolute Gasteiger partial charge is 0.416 e. The zero-order chi connectivity index (χ0) is 17.3. The number of aliphatic hydroxyl groups excluding tert-OH is 1. The first-order valence-corrected chi connectivity index (χ1v) is 6.10. The lowest BCUT2D eigenvalue weighted by atomic mass is 10.0. The molecule has 1 aromatic heterocycles. The van der Waals surface area contributed by atoms with E-state index in [4.69, 9.17) is 5.11 Å². The second-order valence-corrected chi connectivity index (χ2v) is 4.41. The number of hydrogen-bond donors (Lipinski definition) is 1. The van der Waals surface area contributed by atoms with Crippen LogP contribution in [0.1, 0.15) is 11.1 Å². The van der Waals surface area contributed by atoms with Crippen molar-refractivity contribution in [3.8, 4) is 11.4 Å². The Hall–Kier alpha value is -2.36. The van der Waals surface area contributed by atoms with E-state index in [1.54, 1.807) is 0 Å². The minimum Gasteiger partial charge on any atom is -0.392 e. The van der Waals surface area contributed by atoms with E-state index in [-0.39, 0.29) is 18.5 Å². The summed E-state index contributed by atoms with van der Waals surface area (Å²) in [6, 6.07) is 1.13. The van der Waals surface area contributed by atoms with E-state index in [0.29, 0.717) is 12.1 Å². The Kier molecular flexibility index (Phi) is 4.46. The number of rotatable bonds is 3. The third-order valence-electron chi connectivity index (χ3n) is 2.72. The number of aliphatic hydroxyl groups is 1. The minimum absolute atomic E-state index is 0.0339. The molecule has 0 radical (unpaired) electrons. The number of benzene rings is 1. The number of alkyl halides is 6. The lowest BCUT2D eigenvalue weighted by Crippen LogP contribution is -2.11. The molecule has 0 amide bonds. The van der Waals surface area contributed by atoms with Crippen LogP contribution in [0.25, 0.3) is 17.6 Å². The highest BCUT2D eigenvalue weighted by molar-refractivity contribution is 5.58. The van der Waals surface area contributed by atoms with Crippen LogP contribution in [0.15, 0.2) is 30.6 Å². The molecule has 0 unspecified atom stereocenters. The fraction of sp³-hybridized carbons (Fsp3) is 0.231. The van der Waals surface area contributed by atoms with E-state index < -0.39 is 29.0 Å². The maximum atomic E-state index is 12.8. The molecule has 10 heteroatoms. The lowest BCUT2D eigenvalue weighted by Gasteiger charge is -2.13. The van der Waals surface area contributed by atoms with Crippen molar-refractivity contribution in [1.82, 2.24) is 14.8 Å². The van der Waals surface area contributed by atoms with E-state index >= 15 is 0 Å². The standard InChI is InChI=1S/C13H9F6N3O/c14-12(15,16)9-4-8(5-10(6-9)13(17,18)19)11-20-7-22(21-11)2-1-3-23/h1-2,4-7,23H,3H2. The van der Waals surface area contributed by atoms with Gasteiger partial charge in [-0.25, -0.2) is 9.67 Å². The van der Waals surface area contributed by atoms with Crippen molar-refractivity contribution in [2.75, 3.05) is 6.61 Å². The summed E-state index contributed by atoms with van der Waals surface area (Å²) in [5, 5.41) is 12.3. The van der Waals surface area contributed by atoms with Gasteiger partial charge in [-0.1, -0.05) is 0 Å². The molecule has 0 aliphatic carbocycles. The molecule has 0 spiro atoms. The fourth-order valence-electron chi connectivity index (χ4n) is 1.72. The summed E-state index contributed by atoms with van der Waals surface area (Å²) < 4.78 is 77.7. The summed E-state index contributed by atoms with van der Waals surface area (Å²) in [4.78, 5) is 3.67. The van der Waals surface area contributed by atoms with Crippen molar-refractivity contribution in [1.29, 1.82) is 0 Å². The average Bonchev–Trinajstić information content (AvgIpc) is 2.91. The molecular weight excluding hydrogens is 328 g/mol. The summed E-state index contributed by atoms with van der Waals surface area (Å²) in [5.41, 5.74) is -3.29. The summed E-state index contributed by atoms with van der Waals surface area (Å²) >= 11 is 0. The molecule has 1 heterocycles. The Labute approximate surface area is 125 Å². The normalized spacial score (nSPS) is 13.0. The van der Waals surface area contributed by atoms with Gasteiger partial charge in [-0.2, -0.15) is 26.3 Å². The number of nitrogens with zero attached hydrogens (tertiary/aromatic N) is 3. The van der Waals surface area contributed by atoms with Gasteiger partial charge in [0.05, 0.1) is 17.7 Å². The Balaban J connectivity index is 2.53. The van der Waals surface area contributed by atoms with Crippen molar-refractivity contribution in [2.45, 2.75) is 12.4 Å². The van der Waals surface area contributed by atoms with Crippen LogP contribution in [0, 0.1) is 0 Å². The lowest BCUT2D eigenvalue weighted by molar-refractivity contribution is -0.143. The third-order valence-corrected chi connectivity index (χ3v) is 2.72. The molecular formula is C13H9F6N3O. The van der Waals surface area contributed by atoms with E-state index in [9.17, 15) is 26.3 Å². The van der Waals surface area contributed by atoms with Crippen LogP contribution in [0.3, 0.4) is 0 Å².